The van der Waals surface area contributed by atoms with Crippen LogP contribution in [0.15, 0.2) is 11.1 Å². The molecular weight excluding hydrogens is 252 g/mol. The summed E-state index contributed by atoms with van der Waals surface area (Å²) in [7, 11) is 0. The Morgan fingerprint density at radius 2 is 1.62 bits per heavy atom. The topological polar surface area (TPSA) is 0 Å². The second kappa shape index (κ2) is 7.84. The minimum atomic E-state index is 0.466. The molecule has 0 bridgehead atoms. The largest absolute Gasteiger partial charge is 0.0736 e. The maximum Gasteiger partial charge on any atom is -0.0142 e. The fourth-order valence-electron chi connectivity index (χ4n) is 4.59. The molecule has 21 heavy (non-hydrogen) atoms. The van der Waals surface area contributed by atoms with Crippen molar-refractivity contribution in [3.63, 3.8) is 0 Å². The van der Waals surface area contributed by atoms with Crippen molar-refractivity contribution in [3.8, 4) is 0 Å². The van der Waals surface area contributed by atoms with Gasteiger partial charge >= 0.3 is 0 Å². The van der Waals surface area contributed by atoms with Crippen LogP contribution in [0.25, 0.3) is 0 Å². The highest BCUT2D eigenvalue weighted by molar-refractivity contribution is 5.22. The third-order valence-corrected chi connectivity index (χ3v) is 6.17. The Morgan fingerprint density at radius 1 is 1.05 bits per heavy atom. The van der Waals surface area contributed by atoms with Crippen LogP contribution >= 0.6 is 0 Å². The van der Waals surface area contributed by atoms with Gasteiger partial charge in [0.25, 0.3) is 0 Å². The molecule has 0 N–H and O–H groups in total. The lowest BCUT2D eigenvalue weighted by Crippen LogP contribution is -2.25. The first-order chi connectivity index (χ1) is 9.83. The van der Waals surface area contributed by atoms with E-state index in [1.807, 2.05) is 13.8 Å². The van der Waals surface area contributed by atoms with Crippen LogP contribution < -0.4 is 0 Å². The second-order valence-corrected chi connectivity index (χ2v) is 8.47. The van der Waals surface area contributed by atoms with Gasteiger partial charge in [0, 0.05) is 0 Å². The van der Waals surface area contributed by atoms with Crippen LogP contribution in [-0.2, 0) is 0 Å². The van der Waals surface area contributed by atoms with E-state index in [1.165, 1.54) is 57.8 Å². The molecule has 0 atom stereocenters. The van der Waals surface area contributed by atoms with Crippen molar-refractivity contribution >= 4 is 0 Å². The predicted octanol–water partition coefficient (Wildman–Crippen LogP) is 7.54. The monoisotopic (exact) mass is 292 g/mol. The Kier molecular flexibility index (Phi) is 7.01. The molecule has 0 aromatic rings. The standard InChI is InChI=1S/C19H34.C2H6/c1-15-9-8-13-19(4,5)17(15)12-14-18(2,3)16-10-6-7-11-16;1-2/h16H,6-14H2,1-5H3;1-2H3. The average molecular weight is 293 g/mol. The number of hydrogen-bond acceptors (Lipinski definition) is 0. The van der Waals surface area contributed by atoms with Crippen LogP contribution in [0, 0.1) is 16.7 Å². The van der Waals surface area contributed by atoms with E-state index in [4.69, 9.17) is 0 Å². The molecule has 0 radical (unpaired) electrons. The van der Waals surface area contributed by atoms with Crippen LogP contribution in [-0.4, -0.2) is 0 Å². The Bertz CT molecular complexity index is 337. The Morgan fingerprint density at radius 3 is 2.14 bits per heavy atom. The van der Waals surface area contributed by atoms with Crippen molar-refractivity contribution in [1.82, 2.24) is 0 Å². The van der Waals surface area contributed by atoms with Crippen molar-refractivity contribution in [2.24, 2.45) is 16.7 Å². The number of rotatable bonds is 4. The van der Waals surface area contributed by atoms with Gasteiger partial charge in [0.15, 0.2) is 0 Å². The van der Waals surface area contributed by atoms with E-state index < -0.39 is 0 Å². The molecule has 0 saturated heterocycles. The third-order valence-electron chi connectivity index (χ3n) is 6.17. The maximum atomic E-state index is 2.52. The van der Waals surface area contributed by atoms with E-state index in [-0.39, 0.29) is 0 Å². The normalized spacial score (nSPS) is 23.0. The van der Waals surface area contributed by atoms with E-state index in [0.717, 1.165) is 5.92 Å². The van der Waals surface area contributed by atoms with Crippen molar-refractivity contribution in [2.45, 2.75) is 106 Å². The molecule has 2 aliphatic carbocycles. The van der Waals surface area contributed by atoms with Gasteiger partial charge in [-0.25, -0.2) is 0 Å². The van der Waals surface area contributed by atoms with Gasteiger partial charge in [-0.2, -0.15) is 0 Å². The van der Waals surface area contributed by atoms with Gasteiger partial charge in [0.05, 0.1) is 0 Å². The van der Waals surface area contributed by atoms with Gasteiger partial charge in [0.2, 0.25) is 0 Å². The molecule has 0 heteroatoms. The van der Waals surface area contributed by atoms with Gasteiger partial charge in [-0.1, -0.05) is 65.5 Å². The third kappa shape index (κ3) is 4.86. The van der Waals surface area contributed by atoms with Gasteiger partial charge in [-0.15, -0.1) is 0 Å². The predicted molar refractivity (Wildman–Crippen MR) is 96.7 cm³/mol. The highest BCUT2D eigenvalue weighted by Gasteiger charge is 2.34. The van der Waals surface area contributed by atoms with Gasteiger partial charge in [0.1, 0.15) is 0 Å². The lowest BCUT2D eigenvalue weighted by atomic mass is 9.67. The van der Waals surface area contributed by atoms with Crippen molar-refractivity contribution in [2.75, 3.05) is 0 Å². The van der Waals surface area contributed by atoms with E-state index in [9.17, 15) is 0 Å². The maximum absolute atomic E-state index is 2.52. The molecule has 0 heterocycles. The lowest BCUT2D eigenvalue weighted by Gasteiger charge is -2.38. The summed E-state index contributed by atoms with van der Waals surface area (Å²) in [6.07, 6.45) is 12.8. The molecule has 0 nitrogen and oxygen atoms in total. The van der Waals surface area contributed by atoms with Crippen LogP contribution in [0.5, 0.6) is 0 Å². The van der Waals surface area contributed by atoms with Gasteiger partial charge in [-0.3, -0.25) is 0 Å². The Balaban J connectivity index is 0.00000106. The summed E-state index contributed by atoms with van der Waals surface area (Å²) >= 11 is 0. The molecule has 0 unspecified atom stereocenters. The number of allylic oxidation sites excluding steroid dienone is 2. The fourth-order valence-corrected chi connectivity index (χ4v) is 4.59. The second-order valence-electron chi connectivity index (χ2n) is 8.47. The highest BCUT2D eigenvalue weighted by atomic mass is 14.4. The van der Waals surface area contributed by atoms with Crippen LogP contribution in [0.2, 0.25) is 0 Å². The SMILES string of the molecule is CC.CC1=C(CCC(C)(C)C2CCCC2)C(C)(C)CCC1. The molecule has 2 aliphatic rings. The number of hydrogen-bond donors (Lipinski definition) is 0. The van der Waals surface area contributed by atoms with Crippen molar-refractivity contribution in [3.05, 3.63) is 11.1 Å². The molecule has 0 amide bonds. The minimum Gasteiger partial charge on any atom is -0.0736 e. The van der Waals surface area contributed by atoms with Gasteiger partial charge in [-0.05, 0) is 68.6 Å². The zero-order chi connectivity index (χ0) is 16.1. The van der Waals surface area contributed by atoms with Crippen LogP contribution in [0.3, 0.4) is 0 Å². The molecule has 2 rings (SSSR count). The molecule has 0 aromatic heterocycles. The quantitative estimate of drug-likeness (QED) is 0.469. The first-order valence-corrected chi connectivity index (χ1v) is 9.52. The van der Waals surface area contributed by atoms with Crippen LogP contribution in [0.1, 0.15) is 106 Å². The Hall–Kier alpha value is -0.260. The molecular formula is C21H40. The summed E-state index contributed by atoms with van der Waals surface area (Å²) in [6.45, 7) is 16.4. The van der Waals surface area contributed by atoms with Crippen molar-refractivity contribution in [1.29, 1.82) is 0 Å². The molecule has 1 saturated carbocycles. The molecule has 0 aromatic carbocycles. The smallest absolute Gasteiger partial charge is 0.0142 e. The average Bonchev–Trinajstić information content (AvgIpc) is 2.94. The lowest BCUT2D eigenvalue weighted by molar-refractivity contribution is 0.192. The Labute approximate surface area is 134 Å². The van der Waals surface area contributed by atoms with E-state index >= 15 is 0 Å². The fraction of sp³-hybridized carbons (Fsp3) is 0.905. The highest BCUT2D eigenvalue weighted by Crippen LogP contribution is 2.47. The summed E-state index contributed by atoms with van der Waals surface area (Å²) in [6, 6.07) is 0. The molecule has 0 spiro atoms. The minimum absolute atomic E-state index is 0.466. The summed E-state index contributed by atoms with van der Waals surface area (Å²) in [5.41, 5.74) is 4.52. The summed E-state index contributed by atoms with van der Waals surface area (Å²) < 4.78 is 0. The van der Waals surface area contributed by atoms with Crippen LogP contribution in [0.4, 0.5) is 0 Å². The zero-order valence-corrected chi connectivity index (χ0v) is 15.9. The summed E-state index contributed by atoms with van der Waals surface area (Å²) in [5, 5.41) is 0. The van der Waals surface area contributed by atoms with Gasteiger partial charge < -0.3 is 0 Å². The molecule has 1 fully saturated rings. The first kappa shape index (κ1) is 18.8. The van der Waals surface area contributed by atoms with E-state index in [1.54, 1.807) is 11.1 Å². The van der Waals surface area contributed by atoms with Crippen molar-refractivity contribution < 1.29 is 0 Å². The van der Waals surface area contributed by atoms with E-state index in [2.05, 4.69) is 34.6 Å². The van der Waals surface area contributed by atoms with E-state index in [0.29, 0.717) is 10.8 Å². The molecule has 0 aliphatic heterocycles. The molecule has 124 valence electrons. The zero-order valence-electron chi connectivity index (χ0n) is 15.9. The summed E-state index contributed by atoms with van der Waals surface area (Å²) in [5.74, 6) is 0.986. The first-order valence-electron chi connectivity index (χ1n) is 9.52. The summed E-state index contributed by atoms with van der Waals surface area (Å²) in [4.78, 5) is 0.